The second kappa shape index (κ2) is 6.88. The van der Waals surface area contributed by atoms with Gasteiger partial charge in [0.05, 0.1) is 22.3 Å². The number of piperazine rings is 1. The van der Waals surface area contributed by atoms with Crippen molar-refractivity contribution in [3.05, 3.63) is 58.3 Å². The first-order valence-electron chi connectivity index (χ1n) is 9.71. The van der Waals surface area contributed by atoms with Crippen LogP contribution in [-0.4, -0.2) is 57.5 Å². The van der Waals surface area contributed by atoms with Crippen LogP contribution in [-0.2, 0) is 0 Å². The molecule has 0 bridgehead atoms. The minimum Gasteiger partial charge on any atom is -0.367 e. The van der Waals surface area contributed by atoms with Crippen molar-refractivity contribution in [1.29, 1.82) is 0 Å². The molecule has 0 amide bonds. The van der Waals surface area contributed by atoms with E-state index in [-0.39, 0.29) is 17.0 Å². The number of aromatic amines is 1. The highest BCUT2D eigenvalue weighted by Gasteiger charge is 2.20. The third-order valence-corrected chi connectivity index (χ3v) is 5.52. The van der Waals surface area contributed by atoms with Crippen LogP contribution >= 0.6 is 0 Å². The Bertz CT molecular complexity index is 1340. The highest BCUT2D eigenvalue weighted by molar-refractivity contribution is 5.83. The van der Waals surface area contributed by atoms with Gasteiger partial charge in [-0.05, 0) is 26.1 Å². The highest BCUT2D eigenvalue weighted by atomic mass is 19.1. The molecule has 1 aromatic carbocycles. The molecule has 0 atom stereocenters. The van der Waals surface area contributed by atoms with Crippen molar-refractivity contribution in [2.45, 2.75) is 6.92 Å². The van der Waals surface area contributed by atoms with E-state index in [0.29, 0.717) is 35.4 Å². The quantitative estimate of drug-likeness (QED) is 0.550. The summed E-state index contributed by atoms with van der Waals surface area (Å²) in [6.45, 7) is 4.79. The molecule has 1 aliphatic heterocycles. The molecule has 1 N–H and O–H groups in total. The molecule has 0 aliphatic carbocycles. The number of aryl methyl sites for hydroxylation is 1. The van der Waals surface area contributed by atoms with Crippen molar-refractivity contribution < 1.29 is 8.78 Å². The van der Waals surface area contributed by atoms with Crippen molar-refractivity contribution >= 4 is 22.2 Å². The number of aromatic nitrogens is 4. The first-order valence-corrected chi connectivity index (χ1v) is 9.71. The van der Waals surface area contributed by atoms with Crippen LogP contribution in [0.2, 0.25) is 0 Å². The van der Waals surface area contributed by atoms with Gasteiger partial charge < -0.3 is 19.2 Å². The van der Waals surface area contributed by atoms with E-state index >= 15 is 0 Å². The summed E-state index contributed by atoms with van der Waals surface area (Å²) in [5, 5.41) is 0.300. The maximum Gasteiger partial charge on any atom is 0.259 e. The van der Waals surface area contributed by atoms with Crippen LogP contribution in [0.25, 0.3) is 27.9 Å². The van der Waals surface area contributed by atoms with Gasteiger partial charge in [-0.2, -0.15) is 0 Å². The number of H-pyrrole nitrogens is 1. The van der Waals surface area contributed by atoms with E-state index in [4.69, 9.17) is 0 Å². The average Bonchev–Trinajstić information content (AvgIpc) is 3.09. The average molecular weight is 410 g/mol. The number of nitrogens with zero attached hydrogens (tertiary/aromatic N) is 5. The van der Waals surface area contributed by atoms with Crippen LogP contribution in [0.3, 0.4) is 0 Å². The summed E-state index contributed by atoms with van der Waals surface area (Å²) in [6.07, 6.45) is 3.32. The van der Waals surface area contributed by atoms with Crippen LogP contribution in [0.4, 0.5) is 14.5 Å². The second-order valence-corrected chi connectivity index (χ2v) is 7.72. The summed E-state index contributed by atoms with van der Waals surface area (Å²) in [5.41, 5.74) is 1.47. The van der Waals surface area contributed by atoms with Gasteiger partial charge in [-0.3, -0.25) is 4.79 Å². The van der Waals surface area contributed by atoms with Crippen LogP contribution in [0.1, 0.15) is 5.69 Å². The van der Waals surface area contributed by atoms with E-state index < -0.39 is 17.2 Å². The minimum atomic E-state index is -0.528. The van der Waals surface area contributed by atoms with Gasteiger partial charge in [0.2, 0.25) is 0 Å². The van der Waals surface area contributed by atoms with E-state index in [1.165, 1.54) is 12.1 Å². The van der Waals surface area contributed by atoms with Crippen molar-refractivity contribution in [3.8, 4) is 11.4 Å². The number of anilines is 1. The Balaban J connectivity index is 1.61. The van der Waals surface area contributed by atoms with Gasteiger partial charge in [0.1, 0.15) is 11.6 Å². The van der Waals surface area contributed by atoms with Gasteiger partial charge >= 0.3 is 0 Å². The zero-order chi connectivity index (χ0) is 21.0. The third-order valence-electron chi connectivity index (χ3n) is 5.52. The number of halogens is 2. The van der Waals surface area contributed by atoms with E-state index in [9.17, 15) is 13.6 Å². The molecule has 1 aliphatic rings. The number of pyridine rings is 1. The van der Waals surface area contributed by atoms with Gasteiger partial charge in [0.25, 0.3) is 5.56 Å². The maximum atomic E-state index is 14.9. The van der Waals surface area contributed by atoms with Gasteiger partial charge in [-0.15, -0.1) is 0 Å². The van der Waals surface area contributed by atoms with E-state index in [2.05, 4.69) is 19.9 Å². The normalized spacial score (nSPS) is 15.4. The molecule has 30 heavy (non-hydrogen) atoms. The fraction of sp³-hybridized carbons (Fsp3) is 0.286. The molecule has 0 unspecified atom stereocenters. The molecule has 5 rings (SSSR count). The summed E-state index contributed by atoms with van der Waals surface area (Å²) in [4.78, 5) is 28.1. The van der Waals surface area contributed by atoms with Crippen LogP contribution in [0.15, 0.2) is 35.4 Å². The van der Waals surface area contributed by atoms with Crippen LogP contribution < -0.4 is 10.5 Å². The van der Waals surface area contributed by atoms with Gasteiger partial charge in [-0.25, -0.2) is 18.7 Å². The molecule has 3 aromatic heterocycles. The smallest absolute Gasteiger partial charge is 0.259 e. The second-order valence-electron chi connectivity index (χ2n) is 7.72. The minimum absolute atomic E-state index is 0.173. The highest BCUT2D eigenvalue weighted by Crippen LogP contribution is 2.26. The Kier molecular flexibility index (Phi) is 4.28. The Morgan fingerprint density at radius 3 is 2.53 bits per heavy atom. The van der Waals surface area contributed by atoms with Gasteiger partial charge in [0.15, 0.2) is 11.5 Å². The van der Waals surface area contributed by atoms with Crippen LogP contribution in [0, 0.1) is 18.6 Å². The lowest BCUT2D eigenvalue weighted by atomic mass is 10.1. The predicted octanol–water partition coefficient (Wildman–Crippen LogP) is 2.58. The number of hydrogen-bond acceptors (Lipinski definition) is 5. The Morgan fingerprint density at radius 2 is 1.77 bits per heavy atom. The molecule has 1 saturated heterocycles. The summed E-state index contributed by atoms with van der Waals surface area (Å²) in [6, 6.07) is 4.09. The topological polar surface area (TPSA) is 69.5 Å². The molecule has 0 spiro atoms. The zero-order valence-corrected chi connectivity index (χ0v) is 16.6. The largest absolute Gasteiger partial charge is 0.367 e. The monoisotopic (exact) mass is 410 g/mol. The maximum absolute atomic E-state index is 14.9. The lowest BCUT2D eigenvalue weighted by Crippen LogP contribution is -2.44. The number of hydrogen-bond donors (Lipinski definition) is 1. The number of fused-ring (bicyclic) bond motifs is 2. The molecule has 1 fully saturated rings. The van der Waals surface area contributed by atoms with Gasteiger partial charge in [0, 0.05) is 50.2 Å². The standard InChI is InChI=1S/C21H20F2N6O/c1-12-10-29-11-13(7-16(23)20(29)24-12)19-25-17-9-15(22)18(8-14(17)21(30)26-19)28-5-3-27(2)4-6-28/h7-11H,3-6H2,1-2H3,(H,25,26,30). The first kappa shape index (κ1) is 18.7. The molecule has 7 nitrogen and oxygen atoms in total. The molecule has 0 saturated carbocycles. The van der Waals surface area contributed by atoms with Crippen molar-refractivity contribution in [3.63, 3.8) is 0 Å². The number of imidazole rings is 1. The fourth-order valence-corrected chi connectivity index (χ4v) is 3.88. The number of likely N-dealkylation sites (N-methyl/N-ethyl adjacent to an activating group) is 1. The molecular formula is C21H20F2N6O. The fourth-order valence-electron chi connectivity index (χ4n) is 3.88. The predicted molar refractivity (Wildman–Crippen MR) is 111 cm³/mol. The third kappa shape index (κ3) is 3.11. The van der Waals surface area contributed by atoms with Gasteiger partial charge in [-0.1, -0.05) is 0 Å². The lowest BCUT2D eigenvalue weighted by Gasteiger charge is -2.34. The molecule has 9 heteroatoms. The SMILES string of the molecule is Cc1cn2cc(-c3nc4cc(F)c(N5CCN(C)CC5)cc4c(=O)[nH]3)cc(F)c2n1. The van der Waals surface area contributed by atoms with Crippen LogP contribution in [0.5, 0.6) is 0 Å². The summed E-state index contributed by atoms with van der Waals surface area (Å²) < 4.78 is 30.8. The number of rotatable bonds is 2. The number of benzene rings is 1. The Morgan fingerprint density at radius 1 is 1.00 bits per heavy atom. The molecule has 154 valence electrons. The molecular weight excluding hydrogens is 390 g/mol. The lowest BCUT2D eigenvalue weighted by molar-refractivity contribution is 0.312. The molecule has 4 aromatic rings. The van der Waals surface area contributed by atoms with Crippen molar-refractivity contribution in [1.82, 2.24) is 24.3 Å². The first-order chi connectivity index (χ1) is 14.4. The Labute approximate surface area is 170 Å². The number of nitrogens with one attached hydrogen (secondary N) is 1. The summed E-state index contributed by atoms with van der Waals surface area (Å²) in [5.74, 6) is -0.783. The van der Waals surface area contributed by atoms with E-state index in [1.54, 1.807) is 29.8 Å². The zero-order valence-electron chi connectivity index (χ0n) is 16.6. The summed E-state index contributed by atoms with van der Waals surface area (Å²) in [7, 11) is 2.02. The van der Waals surface area contributed by atoms with E-state index in [1.807, 2.05) is 11.9 Å². The van der Waals surface area contributed by atoms with Crippen molar-refractivity contribution in [2.75, 3.05) is 38.1 Å². The van der Waals surface area contributed by atoms with Crippen molar-refractivity contribution in [2.24, 2.45) is 0 Å². The summed E-state index contributed by atoms with van der Waals surface area (Å²) >= 11 is 0. The Hall–Kier alpha value is -3.33. The molecule has 4 heterocycles. The van der Waals surface area contributed by atoms with E-state index in [0.717, 1.165) is 13.1 Å². The molecule has 0 radical (unpaired) electrons.